The lowest BCUT2D eigenvalue weighted by Gasteiger charge is -2.28. The van der Waals surface area contributed by atoms with E-state index in [9.17, 15) is 9.18 Å². The van der Waals surface area contributed by atoms with E-state index in [1.807, 2.05) is 17.0 Å². The zero-order chi connectivity index (χ0) is 19.3. The van der Waals surface area contributed by atoms with Crippen LogP contribution in [0.2, 0.25) is 0 Å². The Morgan fingerprint density at radius 3 is 2.68 bits per heavy atom. The van der Waals surface area contributed by atoms with Crippen LogP contribution in [0.3, 0.4) is 0 Å². The first-order chi connectivity index (χ1) is 13.7. The van der Waals surface area contributed by atoms with Gasteiger partial charge in [0.2, 0.25) is 0 Å². The van der Waals surface area contributed by atoms with Gasteiger partial charge in [-0.05, 0) is 36.8 Å². The first kappa shape index (κ1) is 19.0. The van der Waals surface area contributed by atoms with Crippen LogP contribution in [0.15, 0.2) is 41.0 Å². The van der Waals surface area contributed by atoms with Gasteiger partial charge < -0.3 is 19.0 Å². The second-order valence-electron chi connectivity index (χ2n) is 7.27. The number of hydrogen-bond acceptors (Lipinski definition) is 5. The molecule has 1 aromatic carbocycles. The van der Waals surface area contributed by atoms with Crippen LogP contribution < -0.4 is 4.90 Å². The summed E-state index contributed by atoms with van der Waals surface area (Å²) in [5, 5.41) is 0. The molecule has 7 heteroatoms. The highest BCUT2D eigenvalue weighted by Gasteiger charge is 2.23. The highest BCUT2D eigenvalue weighted by molar-refractivity contribution is 5.91. The molecule has 0 spiro atoms. The van der Waals surface area contributed by atoms with E-state index < -0.39 is 0 Å². The lowest BCUT2D eigenvalue weighted by molar-refractivity contribution is 0.0337. The fraction of sp³-hybridized carbons (Fsp3) is 0.476. The molecule has 1 amide bonds. The fourth-order valence-corrected chi connectivity index (χ4v) is 3.81. The molecule has 2 aliphatic heterocycles. The molecule has 2 aliphatic rings. The first-order valence-electron chi connectivity index (χ1n) is 9.87. The summed E-state index contributed by atoms with van der Waals surface area (Å²) in [5.41, 5.74) is 1.73. The van der Waals surface area contributed by atoms with Gasteiger partial charge in [-0.2, -0.15) is 0 Å². The summed E-state index contributed by atoms with van der Waals surface area (Å²) >= 11 is 0. The minimum Gasteiger partial charge on any atom is -0.459 e. The second kappa shape index (κ2) is 8.75. The smallest absolute Gasteiger partial charge is 0.289 e. The minimum absolute atomic E-state index is 0.0704. The van der Waals surface area contributed by atoms with Crippen molar-refractivity contribution in [3.05, 3.63) is 53.7 Å². The van der Waals surface area contributed by atoms with E-state index in [-0.39, 0.29) is 11.7 Å². The molecule has 0 atom stereocenters. The van der Waals surface area contributed by atoms with Crippen molar-refractivity contribution in [3.8, 4) is 0 Å². The summed E-state index contributed by atoms with van der Waals surface area (Å²) in [6, 6.07) is 8.77. The topological polar surface area (TPSA) is 49.2 Å². The SMILES string of the molecule is O=C(c1ccco1)N1CCCN(c2ccc(F)c(CN3CCOCC3)c2)CC1. The van der Waals surface area contributed by atoms with E-state index in [0.717, 1.165) is 38.3 Å². The third-order valence-electron chi connectivity index (χ3n) is 5.41. The average molecular weight is 387 g/mol. The van der Waals surface area contributed by atoms with E-state index in [2.05, 4.69) is 9.80 Å². The molecule has 0 bridgehead atoms. The van der Waals surface area contributed by atoms with Crippen LogP contribution in [-0.4, -0.2) is 68.2 Å². The normalized spacial score (nSPS) is 18.9. The molecule has 1 aromatic heterocycles. The van der Waals surface area contributed by atoms with Crippen LogP contribution in [0.25, 0.3) is 0 Å². The lowest BCUT2D eigenvalue weighted by Crippen LogP contribution is -2.36. The van der Waals surface area contributed by atoms with Crippen molar-refractivity contribution in [2.24, 2.45) is 0 Å². The molecule has 2 aromatic rings. The quantitative estimate of drug-likeness (QED) is 0.807. The Kier molecular flexibility index (Phi) is 5.92. The summed E-state index contributed by atoms with van der Waals surface area (Å²) in [6.07, 6.45) is 2.38. The number of carbonyl (C=O) groups excluding carboxylic acids is 1. The number of furan rings is 1. The van der Waals surface area contributed by atoms with Gasteiger partial charge in [-0.3, -0.25) is 9.69 Å². The van der Waals surface area contributed by atoms with Crippen LogP contribution in [0, 0.1) is 5.82 Å². The van der Waals surface area contributed by atoms with Crippen LogP contribution in [-0.2, 0) is 11.3 Å². The highest BCUT2D eigenvalue weighted by atomic mass is 19.1. The second-order valence-corrected chi connectivity index (χ2v) is 7.27. The summed E-state index contributed by atoms with van der Waals surface area (Å²) in [5.74, 6) is 0.140. The van der Waals surface area contributed by atoms with Crippen molar-refractivity contribution in [1.29, 1.82) is 0 Å². The molecule has 4 rings (SSSR count). The minimum atomic E-state index is -0.167. The number of amides is 1. The van der Waals surface area contributed by atoms with Crippen LogP contribution >= 0.6 is 0 Å². The van der Waals surface area contributed by atoms with Crippen molar-refractivity contribution in [2.75, 3.05) is 57.4 Å². The van der Waals surface area contributed by atoms with E-state index >= 15 is 0 Å². The number of morpholine rings is 1. The van der Waals surface area contributed by atoms with Gasteiger partial charge in [0.05, 0.1) is 19.5 Å². The van der Waals surface area contributed by atoms with Crippen molar-refractivity contribution >= 4 is 11.6 Å². The molecule has 2 fully saturated rings. The summed E-state index contributed by atoms with van der Waals surface area (Å²) in [7, 11) is 0. The summed E-state index contributed by atoms with van der Waals surface area (Å²) < 4.78 is 25.0. The Bertz CT molecular complexity index is 790. The van der Waals surface area contributed by atoms with Gasteiger partial charge in [-0.25, -0.2) is 4.39 Å². The molecule has 6 nitrogen and oxygen atoms in total. The molecule has 0 saturated carbocycles. The molecule has 150 valence electrons. The van der Waals surface area contributed by atoms with Gasteiger partial charge >= 0.3 is 0 Å². The Labute approximate surface area is 164 Å². The van der Waals surface area contributed by atoms with Gasteiger partial charge in [0.15, 0.2) is 5.76 Å². The molecule has 0 aliphatic carbocycles. The Morgan fingerprint density at radius 2 is 1.89 bits per heavy atom. The van der Waals surface area contributed by atoms with E-state index in [0.29, 0.717) is 44.2 Å². The van der Waals surface area contributed by atoms with Gasteiger partial charge in [0.1, 0.15) is 5.82 Å². The number of rotatable bonds is 4. The van der Waals surface area contributed by atoms with Crippen molar-refractivity contribution in [1.82, 2.24) is 9.80 Å². The van der Waals surface area contributed by atoms with Gasteiger partial charge in [-0.15, -0.1) is 0 Å². The van der Waals surface area contributed by atoms with Crippen molar-refractivity contribution < 1.29 is 18.3 Å². The molecule has 3 heterocycles. The monoisotopic (exact) mass is 387 g/mol. The third kappa shape index (κ3) is 4.36. The number of ether oxygens (including phenoxy) is 1. The van der Waals surface area contributed by atoms with E-state index in [4.69, 9.17) is 9.15 Å². The van der Waals surface area contributed by atoms with Gasteiger partial charge in [-0.1, -0.05) is 0 Å². The molecule has 0 radical (unpaired) electrons. The highest BCUT2D eigenvalue weighted by Crippen LogP contribution is 2.22. The molecular formula is C21H26FN3O3. The molecular weight excluding hydrogens is 361 g/mol. The zero-order valence-corrected chi connectivity index (χ0v) is 16.0. The molecule has 2 saturated heterocycles. The maximum absolute atomic E-state index is 14.4. The van der Waals surface area contributed by atoms with E-state index in [1.54, 1.807) is 18.2 Å². The van der Waals surface area contributed by atoms with Gasteiger partial charge in [0.25, 0.3) is 5.91 Å². The first-order valence-corrected chi connectivity index (χ1v) is 9.87. The Morgan fingerprint density at radius 1 is 1.04 bits per heavy atom. The lowest BCUT2D eigenvalue weighted by atomic mass is 10.1. The summed E-state index contributed by atoms with van der Waals surface area (Å²) in [4.78, 5) is 18.8. The number of carbonyl (C=O) groups is 1. The maximum Gasteiger partial charge on any atom is 0.289 e. The Hall–Kier alpha value is -2.38. The number of benzene rings is 1. The number of halogens is 1. The average Bonchev–Trinajstić information content (AvgIpc) is 3.15. The Balaban J connectivity index is 1.42. The predicted molar refractivity (Wildman–Crippen MR) is 104 cm³/mol. The molecule has 0 N–H and O–H groups in total. The standard InChI is InChI=1S/C21H26FN3O3/c22-19-5-4-18(15-17(19)16-23-10-13-27-14-11-23)24-6-2-7-25(9-8-24)21(26)20-3-1-12-28-20/h1,3-5,12,15H,2,6-11,13-14,16H2. The molecule has 0 unspecified atom stereocenters. The van der Waals surface area contributed by atoms with Crippen molar-refractivity contribution in [2.45, 2.75) is 13.0 Å². The maximum atomic E-state index is 14.4. The number of nitrogens with zero attached hydrogens (tertiary/aromatic N) is 3. The third-order valence-corrected chi connectivity index (χ3v) is 5.41. The number of anilines is 1. The van der Waals surface area contributed by atoms with Crippen LogP contribution in [0.1, 0.15) is 22.5 Å². The van der Waals surface area contributed by atoms with E-state index in [1.165, 1.54) is 6.26 Å². The van der Waals surface area contributed by atoms with Gasteiger partial charge in [0, 0.05) is 57.1 Å². The van der Waals surface area contributed by atoms with Crippen molar-refractivity contribution in [3.63, 3.8) is 0 Å². The number of hydrogen-bond donors (Lipinski definition) is 0. The zero-order valence-electron chi connectivity index (χ0n) is 16.0. The fourth-order valence-electron chi connectivity index (χ4n) is 3.81. The van der Waals surface area contributed by atoms with Crippen LogP contribution in [0.4, 0.5) is 10.1 Å². The van der Waals surface area contributed by atoms with Crippen LogP contribution in [0.5, 0.6) is 0 Å². The molecule has 28 heavy (non-hydrogen) atoms. The summed E-state index contributed by atoms with van der Waals surface area (Å²) in [6.45, 7) is 6.53. The largest absolute Gasteiger partial charge is 0.459 e. The predicted octanol–water partition coefficient (Wildman–Crippen LogP) is 2.60.